The van der Waals surface area contributed by atoms with E-state index in [1.807, 2.05) is 60.7 Å². The van der Waals surface area contributed by atoms with Gasteiger partial charge in [0, 0.05) is 13.1 Å². The van der Waals surface area contributed by atoms with Gasteiger partial charge < -0.3 is 19.9 Å². The molecule has 6 nitrogen and oxygen atoms in total. The van der Waals surface area contributed by atoms with Gasteiger partial charge in [-0.25, -0.2) is 11.0 Å². The molecule has 0 aliphatic carbocycles. The molecule has 2 aromatic carbocycles. The molecule has 0 bridgehead atoms. The van der Waals surface area contributed by atoms with Crippen LogP contribution in [0, 0.1) is 0 Å². The van der Waals surface area contributed by atoms with Crippen molar-refractivity contribution in [3.63, 3.8) is 0 Å². The van der Waals surface area contributed by atoms with Gasteiger partial charge in [-0.1, -0.05) is 60.7 Å². The lowest BCUT2D eigenvalue weighted by Gasteiger charge is -2.27. The van der Waals surface area contributed by atoms with Gasteiger partial charge >= 0.3 is 0 Å². The van der Waals surface area contributed by atoms with Gasteiger partial charge in [0.05, 0.1) is 13.2 Å². The van der Waals surface area contributed by atoms with Crippen LogP contribution in [0.3, 0.4) is 0 Å². The fourth-order valence-corrected chi connectivity index (χ4v) is 2.33. The van der Waals surface area contributed by atoms with E-state index in [2.05, 4.69) is 11.0 Å². The van der Waals surface area contributed by atoms with Crippen LogP contribution in [0.15, 0.2) is 60.7 Å². The lowest BCUT2D eigenvalue weighted by Crippen LogP contribution is -2.44. The summed E-state index contributed by atoms with van der Waals surface area (Å²) in [5.74, 6) is 0. The number of hydrogen-bond donors (Lipinski definition) is 4. The monoisotopic (exact) mass is 332 g/mol. The van der Waals surface area contributed by atoms with E-state index in [0.29, 0.717) is 13.2 Å². The van der Waals surface area contributed by atoms with Crippen molar-refractivity contribution in [2.24, 2.45) is 0 Å². The highest BCUT2D eigenvalue weighted by atomic mass is 16.5. The zero-order valence-corrected chi connectivity index (χ0v) is 13.5. The number of hydroxylamine groups is 2. The molecule has 2 atom stereocenters. The van der Waals surface area contributed by atoms with Crippen molar-refractivity contribution in [3.8, 4) is 0 Å². The minimum Gasteiger partial charge on any atom is -0.369 e. The summed E-state index contributed by atoms with van der Waals surface area (Å²) < 4.78 is 11.7. The molecule has 0 heterocycles. The molecule has 0 aromatic heterocycles. The Morgan fingerprint density at radius 2 is 1.04 bits per heavy atom. The van der Waals surface area contributed by atoms with Gasteiger partial charge in [-0.15, -0.1) is 0 Å². The van der Waals surface area contributed by atoms with Gasteiger partial charge in [-0.2, -0.15) is 0 Å². The van der Waals surface area contributed by atoms with Crippen LogP contribution in [-0.4, -0.2) is 35.7 Å². The van der Waals surface area contributed by atoms with Crippen LogP contribution in [0.2, 0.25) is 0 Å². The summed E-state index contributed by atoms with van der Waals surface area (Å²) in [6, 6.07) is 19.5. The van der Waals surface area contributed by atoms with Gasteiger partial charge in [0.15, 0.2) is 0 Å². The first-order chi connectivity index (χ1) is 11.8. The Morgan fingerprint density at radius 3 is 1.38 bits per heavy atom. The molecule has 0 unspecified atom stereocenters. The van der Waals surface area contributed by atoms with E-state index in [0.717, 1.165) is 11.1 Å². The molecular formula is C18H24N2O4. The fraction of sp³-hybridized carbons (Fsp3) is 0.333. The Balaban J connectivity index is 1.94. The third kappa shape index (κ3) is 6.37. The van der Waals surface area contributed by atoms with Crippen LogP contribution in [-0.2, 0) is 22.7 Å². The number of ether oxygens (including phenoxy) is 2. The highest BCUT2D eigenvalue weighted by Gasteiger charge is 2.23. The van der Waals surface area contributed by atoms with Crippen LogP contribution in [0.1, 0.15) is 11.1 Å². The molecule has 2 aromatic rings. The van der Waals surface area contributed by atoms with Crippen LogP contribution >= 0.6 is 0 Å². The number of rotatable bonds is 11. The lowest BCUT2D eigenvalue weighted by molar-refractivity contribution is -0.101. The molecule has 0 saturated carbocycles. The highest BCUT2D eigenvalue weighted by Crippen LogP contribution is 2.11. The van der Waals surface area contributed by atoms with Crippen LogP contribution in [0.4, 0.5) is 0 Å². The number of benzene rings is 2. The molecule has 0 fully saturated rings. The van der Waals surface area contributed by atoms with Crippen molar-refractivity contribution >= 4 is 0 Å². The molecule has 2 rings (SSSR count). The van der Waals surface area contributed by atoms with Crippen LogP contribution in [0.5, 0.6) is 0 Å². The van der Waals surface area contributed by atoms with Crippen molar-refractivity contribution < 1.29 is 19.9 Å². The molecule has 24 heavy (non-hydrogen) atoms. The molecule has 130 valence electrons. The Hall–Kier alpha value is -1.80. The Morgan fingerprint density at radius 1 is 0.667 bits per heavy atom. The molecule has 0 aliphatic rings. The van der Waals surface area contributed by atoms with E-state index in [1.165, 1.54) is 0 Å². The quantitative estimate of drug-likeness (QED) is 0.472. The minimum atomic E-state index is -0.432. The molecule has 4 N–H and O–H groups in total. The summed E-state index contributed by atoms with van der Waals surface area (Å²) in [5, 5.41) is 18.1. The van der Waals surface area contributed by atoms with Gasteiger partial charge in [0.2, 0.25) is 0 Å². The van der Waals surface area contributed by atoms with Gasteiger partial charge in [0.1, 0.15) is 12.2 Å². The second-order valence-electron chi connectivity index (χ2n) is 5.39. The van der Waals surface area contributed by atoms with Crippen molar-refractivity contribution in [3.05, 3.63) is 71.8 Å². The SMILES string of the molecule is ONC[C@H](OCc1ccccc1)[C@H](CNO)OCc1ccccc1. The van der Waals surface area contributed by atoms with Crippen molar-refractivity contribution in [2.75, 3.05) is 13.1 Å². The first-order valence-corrected chi connectivity index (χ1v) is 7.88. The maximum Gasteiger partial charge on any atom is 0.100 e. The number of nitrogens with one attached hydrogen (secondary N) is 2. The smallest absolute Gasteiger partial charge is 0.100 e. The van der Waals surface area contributed by atoms with E-state index in [4.69, 9.17) is 19.9 Å². The summed E-state index contributed by atoms with van der Waals surface area (Å²) in [7, 11) is 0. The molecule has 6 heteroatoms. The fourth-order valence-electron chi connectivity index (χ4n) is 2.33. The Bertz CT molecular complexity index is 502. The summed E-state index contributed by atoms with van der Waals surface area (Å²) in [6.07, 6.45) is -0.864. The summed E-state index contributed by atoms with van der Waals surface area (Å²) in [4.78, 5) is 0. The summed E-state index contributed by atoms with van der Waals surface area (Å²) >= 11 is 0. The zero-order chi connectivity index (χ0) is 17.0. The second kappa shape index (κ2) is 10.9. The molecule has 0 saturated heterocycles. The maximum atomic E-state index is 9.07. The average Bonchev–Trinajstić information content (AvgIpc) is 2.64. The molecule has 0 aliphatic heterocycles. The lowest BCUT2D eigenvalue weighted by atomic mass is 10.2. The standard InChI is InChI=1S/C18H24N2O4/c21-19-11-17(23-13-15-7-3-1-4-8-15)18(12-20-22)24-14-16-9-5-2-6-10-16/h1-10,17-22H,11-14H2/t17-,18-/m0/s1. The topological polar surface area (TPSA) is 83.0 Å². The van der Waals surface area contributed by atoms with Gasteiger partial charge in [0.25, 0.3) is 0 Å². The average molecular weight is 332 g/mol. The first kappa shape index (κ1) is 18.5. The predicted molar refractivity (Wildman–Crippen MR) is 89.6 cm³/mol. The van der Waals surface area contributed by atoms with Crippen LogP contribution < -0.4 is 11.0 Å². The zero-order valence-electron chi connectivity index (χ0n) is 13.5. The minimum absolute atomic E-state index is 0.188. The largest absolute Gasteiger partial charge is 0.369 e. The Labute approximate surface area is 142 Å². The molecule has 0 spiro atoms. The molecule has 0 radical (unpaired) electrons. The number of hydrogen-bond acceptors (Lipinski definition) is 6. The third-order valence-electron chi connectivity index (χ3n) is 3.61. The maximum absolute atomic E-state index is 9.07. The second-order valence-corrected chi connectivity index (χ2v) is 5.39. The van der Waals surface area contributed by atoms with Crippen molar-refractivity contribution in [1.82, 2.24) is 11.0 Å². The molecule has 0 amide bonds. The third-order valence-corrected chi connectivity index (χ3v) is 3.61. The van der Waals surface area contributed by atoms with Gasteiger partial charge in [-0.3, -0.25) is 0 Å². The highest BCUT2D eigenvalue weighted by molar-refractivity contribution is 5.14. The first-order valence-electron chi connectivity index (χ1n) is 7.88. The van der Waals surface area contributed by atoms with E-state index in [9.17, 15) is 0 Å². The van der Waals surface area contributed by atoms with Crippen molar-refractivity contribution in [1.29, 1.82) is 0 Å². The summed E-state index contributed by atoms with van der Waals surface area (Å²) in [6.45, 7) is 1.16. The van der Waals surface area contributed by atoms with Gasteiger partial charge in [-0.05, 0) is 11.1 Å². The van der Waals surface area contributed by atoms with E-state index in [1.54, 1.807) is 0 Å². The van der Waals surface area contributed by atoms with E-state index < -0.39 is 12.2 Å². The molecular weight excluding hydrogens is 308 g/mol. The Kier molecular flexibility index (Phi) is 8.40. The van der Waals surface area contributed by atoms with E-state index >= 15 is 0 Å². The van der Waals surface area contributed by atoms with E-state index in [-0.39, 0.29) is 13.1 Å². The van der Waals surface area contributed by atoms with Crippen LogP contribution in [0.25, 0.3) is 0 Å². The summed E-state index contributed by atoms with van der Waals surface area (Å²) in [5.41, 5.74) is 6.31. The predicted octanol–water partition coefficient (Wildman–Crippen LogP) is 2.11. The van der Waals surface area contributed by atoms with Crippen molar-refractivity contribution in [2.45, 2.75) is 25.4 Å². The normalized spacial score (nSPS) is 13.6.